The van der Waals surface area contributed by atoms with Gasteiger partial charge in [0.2, 0.25) is 0 Å². The van der Waals surface area contributed by atoms with Crippen molar-refractivity contribution in [2.24, 2.45) is 0 Å². The predicted octanol–water partition coefficient (Wildman–Crippen LogP) is 2.33. The van der Waals surface area contributed by atoms with Crippen LogP contribution in [0, 0.1) is 11.3 Å². The summed E-state index contributed by atoms with van der Waals surface area (Å²) in [5.41, 5.74) is 2.09. The summed E-state index contributed by atoms with van der Waals surface area (Å²) in [5, 5.41) is 12.3. The van der Waals surface area contributed by atoms with E-state index in [1.54, 1.807) is 23.8 Å². The summed E-state index contributed by atoms with van der Waals surface area (Å²) < 4.78 is 6.77. The van der Waals surface area contributed by atoms with Crippen LogP contribution in [0.4, 0.5) is 0 Å². The van der Waals surface area contributed by atoms with Crippen molar-refractivity contribution in [1.82, 2.24) is 9.88 Å². The van der Waals surface area contributed by atoms with Gasteiger partial charge in [-0.2, -0.15) is 5.26 Å². The van der Waals surface area contributed by atoms with Crippen molar-refractivity contribution in [1.29, 1.82) is 5.26 Å². The molecular formula is C17H19N3O2. The minimum Gasteiger partial charge on any atom is -0.461 e. The second-order valence-electron chi connectivity index (χ2n) is 4.80. The summed E-state index contributed by atoms with van der Waals surface area (Å²) in [6, 6.07) is 13.7. The van der Waals surface area contributed by atoms with Crippen molar-refractivity contribution >= 4 is 5.97 Å². The smallest absolute Gasteiger partial charge is 0.354 e. The molecule has 0 bridgehead atoms. The van der Waals surface area contributed by atoms with Gasteiger partial charge in [0.05, 0.1) is 12.2 Å². The summed E-state index contributed by atoms with van der Waals surface area (Å²) in [6.45, 7) is 4.14. The molecule has 0 aliphatic heterocycles. The number of rotatable bonds is 7. The second-order valence-corrected chi connectivity index (χ2v) is 4.80. The van der Waals surface area contributed by atoms with E-state index in [2.05, 4.69) is 23.5 Å². The second kappa shape index (κ2) is 8.01. The Labute approximate surface area is 130 Å². The third kappa shape index (κ3) is 4.21. The van der Waals surface area contributed by atoms with Crippen LogP contribution < -0.4 is 5.32 Å². The molecule has 0 spiro atoms. The van der Waals surface area contributed by atoms with E-state index in [4.69, 9.17) is 10.00 Å². The molecule has 1 aromatic heterocycles. The van der Waals surface area contributed by atoms with Gasteiger partial charge in [-0.3, -0.25) is 0 Å². The molecule has 22 heavy (non-hydrogen) atoms. The molecule has 0 aliphatic carbocycles. The highest BCUT2D eigenvalue weighted by Gasteiger charge is 2.14. The molecule has 0 saturated heterocycles. The average molecular weight is 297 g/mol. The Bertz CT molecular complexity index is 656. The van der Waals surface area contributed by atoms with Crippen LogP contribution in [0.15, 0.2) is 42.6 Å². The fraction of sp³-hybridized carbons (Fsp3) is 0.294. The third-order valence-electron chi connectivity index (χ3n) is 3.21. The standard InChI is InChI=1S/C17H19N3O2/c1-2-22-17(21)16-10-15(11-18)13-20(16)9-8-19-12-14-6-4-3-5-7-14/h3-7,10,13,19H,2,8-9,12H2,1H3. The number of hydrogen-bond acceptors (Lipinski definition) is 4. The maximum Gasteiger partial charge on any atom is 0.354 e. The topological polar surface area (TPSA) is 67.0 Å². The van der Waals surface area contributed by atoms with Gasteiger partial charge in [-0.25, -0.2) is 4.79 Å². The van der Waals surface area contributed by atoms with Gasteiger partial charge in [-0.15, -0.1) is 0 Å². The highest BCUT2D eigenvalue weighted by atomic mass is 16.5. The zero-order valence-electron chi connectivity index (χ0n) is 12.6. The Kier molecular flexibility index (Phi) is 5.75. The Balaban J connectivity index is 1.93. The summed E-state index contributed by atoms with van der Waals surface area (Å²) in [4.78, 5) is 11.9. The van der Waals surface area contributed by atoms with Crippen LogP contribution >= 0.6 is 0 Å². The number of ether oxygens (including phenoxy) is 1. The molecule has 0 amide bonds. The van der Waals surface area contributed by atoms with Gasteiger partial charge < -0.3 is 14.6 Å². The zero-order chi connectivity index (χ0) is 15.8. The lowest BCUT2D eigenvalue weighted by atomic mass is 10.2. The van der Waals surface area contributed by atoms with Gasteiger partial charge >= 0.3 is 5.97 Å². The SMILES string of the molecule is CCOC(=O)c1cc(C#N)cn1CCNCc1ccccc1. The quantitative estimate of drug-likeness (QED) is 0.629. The van der Waals surface area contributed by atoms with Gasteiger partial charge in [-0.05, 0) is 18.6 Å². The minimum atomic E-state index is -0.396. The fourth-order valence-electron chi connectivity index (χ4n) is 2.16. The summed E-state index contributed by atoms with van der Waals surface area (Å²) in [6.07, 6.45) is 1.68. The Morgan fingerprint density at radius 2 is 2.14 bits per heavy atom. The van der Waals surface area contributed by atoms with Gasteiger partial charge in [0, 0.05) is 25.8 Å². The first-order chi connectivity index (χ1) is 10.7. The minimum absolute atomic E-state index is 0.318. The van der Waals surface area contributed by atoms with E-state index in [1.165, 1.54) is 5.56 Å². The number of aromatic nitrogens is 1. The van der Waals surface area contributed by atoms with E-state index < -0.39 is 5.97 Å². The normalized spacial score (nSPS) is 10.2. The van der Waals surface area contributed by atoms with Gasteiger partial charge in [0.1, 0.15) is 11.8 Å². The molecule has 0 fully saturated rings. The Morgan fingerprint density at radius 1 is 1.36 bits per heavy atom. The van der Waals surface area contributed by atoms with E-state index in [-0.39, 0.29) is 0 Å². The largest absolute Gasteiger partial charge is 0.461 e. The Morgan fingerprint density at radius 3 is 2.82 bits per heavy atom. The lowest BCUT2D eigenvalue weighted by Crippen LogP contribution is -2.21. The van der Waals surface area contributed by atoms with Crippen molar-refractivity contribution in [3.63, 3.8) is 0 Å². The molecule has 114 valence electrons. The van der Waals surface area contributed by atoms with Crippen LogP contribution in [-0.4, -0.2) is 23.7 Å². The van der Waals surface area contributed by atoms with Gasteiger partial charge in [0.15, 0.2) is 0 Å². The van der Waals surface area contributed by atoms with Crippen LogP contribution in [0.1, 0.15) is 28.5 Å². The number of nitriles is 1. The van der Waals surface area contributed by atoms with Crippen LogP contribution in [0.3, 0.4) is 0 Å². The lowest BCUT2D eigenvalue weighted by Gasteiger charge is -2.09. The van der Waals surface area contributed by atoms with Crippen LogP contribution in [0.2, 0.25) is 0 Å². The third-order valence-corrected chi connectivity index (χ3v) is 3.21. The van der Waals surface area contributed by atoms with E-state index in [1.807, 2.05) is 18.2 Å². The van der Waals surface area contributed by atoms with Gasteiger partial charge in [-0.1, -0.05) is 30.3 Å². The number of benzene rings is 1. The molecule has 0 radical (unpaired) electrons. The fourth-order valence-corrected chi connectivity index (χ4v) is 2.16. The molecule has 2 rings (SSSR count). The van der Waals surface area contributed by atoms with Crippen molar-refractivity contribution in [2.45, 2.75) is 20.0 Å². The number of carbonyl (C=O) groups excluding carboxylic acids is 1. The maximum atomic E-state index is 11.9. The van der Waals surface area contributed by atoms with Crippen molar-refractivity contribution in [3.8, 4) is 6.07 Å². The molecule has 5 heteroatoms. The number of esters is 1. The number of nitrogens with one attached hydrogen (secondary N) is 1. The van der Waals surface area contributed by atoms with E-state index in [0.717, 1.165) is 6.54 Å². The Hall–Kier alpha value is -2.58. The highest BCUT2D eigenvalue weighted by molar-refractivity contribution is 5.88. The number of nitrogens with zero attached hydrogens (tertiary/aromatic N) is 2. The summed E-state index contributed by atoms with van der Waals surface area (Å²) in [7, 11) is 0. The zero-order valence-corrected chi connectivity index (χ0v) is 12.6. The molecule has 0 atom stereocenters. The molecule has 0 unspecified atom stereocenters. The molecular weight excluding hydrogens is 278 g/mol. The molecule has 0 aliphatic rings. The van der Waals surface area contributed by atoms with Crippen molar-refractivity contribution in [3.05, 3.63) is 59.4 Å². The summed E-state index contributed by atoms with van der Waals surface area (Å²) >= 11 is 0. The average Bonchev–Trinajstić information content (AvgIpc) is 2.96. The van der Waals surface area contributed by atoms with Crippen LogP contribution in [0.25, 0.3) is 0 Å². The monoisotopic (exact) mass is 297 g/mol. The van der Waals surface area contributed by atoms with Crippen molar-refractivity contribution in [2.75, 3.05) is 13.2 Å². The predicted molar refractivity (Wildman–Crippen MR) is 83.3 cm³/mol. The maximum absolute atomic E-state index is 11.9. The van der Waals surface area contributed by atoms with Crippen molar-refractivity contribution < 1.29 is 9.53 Å². The lowest BCUT2D eigenvalue weighted by molar-refractivity contribution is 0.0514. The molecule has 1 aromatic carbocycles. The first-order valence-electron chi connectivity index (χ1n) is 7.26. The summed E-state index contributed by atoms with van der Waals surface area (Å²) in [5.74, 6) is -0.396. The van der Waals surface area contributed by atoms with E-state index >= 15 is 0 Å². The van der Waals surface area contributed by atoms with E-state index in [9.17, 15) is 4.79 Å². The van der Waals surface area contributed by atoms with E-state index in [0.29, 0.717) is 31.0 Å². The molecule has 1 heterocycles. The molecule has 5 nitrogen and oxygen atoms in total. The molecule has 2 aromatic rings. The molecule has 0 saturated carbocycles. The first-order valence-corrected chi connectivity index (χ1v) is 7.26. The number of hydrogen-bond donors (Lipinski definition) is 1. The van der Waals surface area contributed by atoms with Crippen LogP contribution in [-0.2, 0) is 17.8 Å². The van der Waals surface area contributed by atoms with Crippen LogP contribution in [0.5, 0.6) is 0 Å². The number of carbonyl (C=O) groups is 1. The van der Waals surface area contributed by atoms with Gasteiger partial charge in [0.25, 0.3) is 0 Å². The molecule has 1 N–H and O–H groups in total. The first kappa shape index (κ1) is 15.8. The highest BCUT2D eigenvalue weighted by Crippen LogP contribution is 2.09.